The Morgan fingerprint density at radius 1 is 1.27 bits per heavy atom. The molecule has 0 aliphatic carbocycles. The molecule has 0 aliphatic rings. The van der Waals surface area contributed by atoms with Crippen LogP contribution < -0.4 is 10.9 Å². The molecule has 0 fully saturated rings. The van der Waals surface area contributed by atoms with E-state index in [0.717, 1.165) is 10.4 Å². The maximum absolute atomic E-state index is 12.6. The number of para-hydroxylation sites is 1. The van der Waals surface area contributed by atoms with Gasteiger partial charge in [0.15, 0.2) is 0 Å². The average molecular weight is 297 g/mol. The molecule has 3 aromatic rings. The fraction of sp³-hybridized carbons (Fsp3) is 0.200. The molecule has 22 heavy (non-hydrogen) atoms. The lowest BCUT2D eigenvalue weighted by Crippen LogP contribution is -2.33. The van der Waals surface area contributed by atoms with Gasteiger partial charge in [-0.05, 0) is 19.1 Å². The number of rotatable bonds is 3. The van der Waals surface area contributed by atoms with Crippen molar-refractivity contribution in [2.24, 2.45) is 0 Å². The van der Waals surface area contributed by atoms with Crippen LogP contribution in [0.2, 0.25) is 0 Å². The van der Waals surface area contributed by atoms with Gasteiger partial charge in [0.2, 0.25) is 5.91 Å². The van der Waals surface area contributed by atoms with Gasteiger partial charge in [-0.2, -0.15) is 10.2 Å². The van der Waals surface area contributed by atoms with Gasteiger partial charge in [0, 0.05) is 12.4 Å². The molecular weight excluding hydrogens is 282 g/mol. The highest BCUT2D eigenvalue weighted by molar-refractivity contribution is 5.82. The Labute approximate surface area is 126 Å². The van der Waals surface area contributed by atoms with Crippen LogP contribution in [0.25, 0.3) is 16.6 Å². The highest BCUT2D eigenvalue weighted by atomic mass is 16.2. The quantitative estimate of drug-likeness (QED) is 0.769. The molecule has 0 saturated heterocycles. The third-order valence-corrected chi connectivity index (χ3v) is 3.44. The molecule has 0 aliphatic heterocycles. The molecule has 7 nitrogen and oxygen atoms in total. The van der Waals surface area contributed by atoms with Crippen LogP contribution in [-0.2, 0) is 11.3 Å². The second kappa shape index (κ2) is 5.44. The molecule has 1 N–H and O–H groups in total. The predicted octanol–water partition coefficient (Wildman–Crippen LogP) is 0.637. The zero-order chi connectivity index (χ0) is 15.7. The van der Waals surface area contributed by atoms with Crippen molar-refractivity contribution in [1.29, 1.82) is 0 Å². The minimum atomic E-state index is -0.342. The molecule has 2 heterocycles. The number of fused-ring (bicyclic) bond motifs is 1. The number of hydrogen-bond acceptors (Lipinski definition) is 4. The summed E-state index contributed by atoms with van der Waals surface area (Å²) in [5.41, 5.74) is 1.51. The Morgan fingerprint density at radius 2 is 2.00 bits per heavy atom. The number of carbonyl (C=O) groups is 1. The third kappa shape index (κ3) is 2.26. The van der Waals surface area contributed by atoms with E-state index in [4.69, 9.17) is 0 Å². The van der Waals surface area contributed by atoms with E-state index in [2.05, 4.69) is 15.5 Å². The number of hydrogen-bond donors (Lipinski definition) is 1. The van der Waals surface area contributed by atoms with E-state index >= 15 is 0 Å². The van der Waals surface area contributed by atoms with Gasteiger partial charge in [-0.15, -0.1) is 0 Å². The molecule has 112 valence electrons. The standard InChI is InChI=1S/C15H15N5O2/c1-10-12-8-17-20(11-6-4-3-5-7-11)14(12)15(22)19(18-10)9-13(21)16-2/h3-8H,9H2,1-2H3,(H,16,21). The van der Waals surface area contributed by atoms with Crippen molar-refractivity contribution in [3.05, 3.63) is 52.6 Å². The van der Waals surface area contributed by atoms with E-state index in [1.165, 1.54) is 7.05 Å². The lowest BCUT2D eigenvalue weighted by Gasteiger charge is -2.07. The summed E-state index contributed by atoms with van der Waals surface area (Å²) in [5.74, 6) is -0.279. The Morgan fingerprint density at radius 3 is 2.68 bits per heavy atom. The van der Waals surface area contributed by atoms with Gasteiger partial charge in [-0.25, -0.2) is 9.36 Å². The van der Waals surface area contributed by atoms with Crippen molar-refractivity contribution in [2.75, 3.05) is 7.05 Å². The minimum Gasteiger partial charge on any atom is -0.358 e. The maximum atomic E-state index is 12.6. The van der Waals surface area contributed by atoms with Crippen molar-refractivity contribution in [3.8, 4) is 5.69 Å². The van der Waals surface area contributed by atoms with E-state index < -0.39 is 0 Å². The SMILES string of the molecule is CNC(=O)Cn1nc(C)c2cnn(-c3ccccc3)c2c1=O. The molecule has 2 aromatic heterocycles. The summed E-state index contributed by atoms with van der Waals surface area (Å²) in [7, 11) is 1.52. The Balaban J connectivity index is 2.25. The third-order valence-electron chi connectivity index (χ3n) is 3.44. The number of nitrogens with one attached hydrogen (secondary N) is 1. The highest BCUT2D eigenvalue weighted by Crippen LogP contribution is 2.16. The summed E-state index contributed by atoms with van der Waals surface area (Å²) in [6.07, 6.45) is 1.62. The number of benzene rings is 1. The van der Waals surface area contributed by atoms with E-state index in [1.54, 1.807) is 17.8 Å². The van der Waals surface area contributed by atoms with Crippen LogP contribution in [0.5, 0.6) is 0 Å². The van der Waals surface area contributed by atoms with Crippen molar-refractivity contribution in [2.45, 2.75) is 13.5 Å². The van der Waals surface area contributed by atoms with Crippen molar-refractivity contribution in [1.82, 2.24) is 24.9 Å². The first-order chi connectivity index (χ1) is 10.6. The molecule has 0 saturated carbocycles. The number of nitrogens with zero attached hydrogens (tertiary/aromatic N) is 4. The number of likely N-dealkylation sites (N-methyl/N-ethyl adjacent to an activating group) is 1. The predicted molar refractivity (Wildman–Crippen MR) is 81.9 cm³/mol. The van der Waals surface area contributed by atoms with E-state index in [0.29, 0.717) is 16.6 Å². The number of carbonyl (C=O) groups excluding carboxylic acids is 1. The minimum absolute atomic E-state index is 0.119. The van der Waals surface area contributed by atoms with Crippen LogP contribution in [0, 0.1) is 6.92 Å². The largest absolute Gasteiger partial charge is 0.358 e. The van der Waals surface area contributed by atoms with Gasteiger partial charge >= 0.3 is 0 Å². The summed E-state index contributed by atoms with van der Waals surface area (Å²) < 4.78 is 2.74. The topological polar surface area (TPSA) is 81.8 Å². The van der Waals surface area contributed by atoms with Crippen LogP contribution in [0.1, 0.15) is 5.69 Å². The van der Waals surface area contributed by atoms with Crippen LogP contribution in [0.15, 0.2) is 41.3 Å². The fourth-order valence-electron chi connectivity index (χ4n) is 2.31. The first kappa shape index (κ1) is 14.0. The van der Waals surface area contributed by atoms with Gasteiger partial charge in [-0.1, -0.05) is 18.2 Å². The highest BCUT2D eigenvalue weighted by Gasteiger charge is 2.15. The molecule has 0 unspecified atom stereocenters. The van der Waals surface area contributed by atoms with Gasteiger partial charge in [0.1, 0.15) is 12.1 Å². The second-order valence-electron chi connectivity index (χ2n) is 4.88. The normalized spacial score (nSPS) is 10.8. The first-order valence-electron chi connectivity index (χ1n) is 6.83. The van der Waals surface area contributed by atoms with Crippen LogP contribution in [0.4, 0.5) is 0 Å². The Hall–Kier alpha value is -2.96. The number of amides is 1. The van der Waals surface area contributed by atoms with E-state index in [9.17, 15) is 9.59 Å². The molecular formula is C15H15N5O2. The molecule has 1 amide bonds. The summed E-state index contributed by atoms with van der Waals surface area (Å²) in [4.78, 5) is 24.2. The molecule has 0 radical (unpaired) electrons. The van der Waals surface area contributed by atoms with E-state index in [-0.39, 0.29) is 18.0 Å². The number of aromatic nitrogens is 4. The Bertz CT molecular complexity index is 895. The van der Waals surface area contributed by atoms with Crippen LogP contribution in [-0.4, -0.2) is 32.5 Å². The van der Waals surface area contributed by atoms with Crippen molar-refractivity contribution >= 4 is 16.8 Å². The van der Waals surface area contributed by atoms with Crippen molar-refractivity contribution in [3.63, 3.8) is 0 Å². The molecule has 0 bridgehead atoms. The molecule has 7 heteroatoms. The van der Waals surface area contributed by atoms with Crippen molar-refractivity contribution < 1.29 is 4.79 Å². The zero-order valence-corrected chi connectivity index (χ0v) is 12.3. The van der Waals surface area contributed by atoms with Gasteiger partial charge in [0.05, 0.1) is 17.6 Å². The monoisotopic (exact) mass is 297 g/mol. The lowest BCUT2D eigenvalue weighted by molar-refractivity contribution is -0.121. The molecule has 0 atom stereocenters. The van der Waals surface area contributed by atoms with E-state index in [1.807, 2.05) is 30.3 Å². The average Bonchev–Trinajstić information content (AvgIpc) is 2.98. The summed E-state index contributed by atoms with van der Waals surface area (Å²) in [5, 5.41) is 11.6. The molecule has 0 spiro atoms. The summed E-state index contributed by atoms with van der Waals surface area (Å²) >= 11 is 0. The fourth-order valence-corrected chi connectivity index (χ4v) is 2.31. The first-order valence-corrected chi connectivity index (χ1v) is 6.83. The van der Waals surface area contributed by atoms with Gasteiger partial charge in [0.25, 0.3) is 5.56 Å². The van der Waals surface area contributed by atoms with Gasteiger partial charge < -0.3 is 5.32 Å². The van der Waals surface area contributed by atoms with Crippen LogP contribution >= 0.6 is 0 Å². The van der Waals surface area contributed by atoms with Crippen LogP contribution in [0.3, 0.4) is 0 Å². The number of aryl methyl sites for hydroxylation is 1. The zero-order valence-electron chi connectivity index (χ0n) is 12.3. The lowest BCUT2D eigenvalue weighted by atomic mass is 10.2. The Kier molecular flexibility index (Phi) is 3.46. The maximum Gasteiger partial charge on any atom is 0.293 e. The molecule has 1 aromatic carbocycles. The summed E-state index contributed by atoms with van der Waals surface area (Å²) in [6.45, 7) is 1.67. The van der Waals surface area contributed by atoms with Gasteiger partial charge in [-0.3, -0.25) is 9.59 Å². The second-order valence-corrected chi connectivity index (χ2v) is 4.88. The summed E-state index contributed by atoms with van der Waals surface area (Å²) in [6, 6.07) is 9.38. The smallest absolute Gasteiger partial charge is 0.293 e. The molecule has 3 rings (SSSR count).